The van der Waals surface area contributed by atoms with E-state index in [9.17, 15) is 4.79 Å². The number of hydrogen-bond donors (Lipinski definition) is 1. The van der Waals surface area contributed by atoms with Gasteiger partial charge in [0.05, 0.1) is 12.8 Å². The van der Waals surface area contributed by atoms with Gasteiger partial charge in [-0.15, -0.1) is 10.2 Å². The van der Waals surface area contributed by atoms with Crippen molar-refractivity contribution in [1.29, 1.82) is 0 Å². The van der Waals surface area contributed by atoms with Crippen LogP contribution < -0.4 is 0 Å². The van der Waals surface area contributed by atoms with Crippen LogP contribution in [0.25, 0.3) is 0 Å². The molecule has 5 nitrogen and oxygen atoms in total. The Morgan fingerprint density at radius 1 is 1.20 bits per heavy atom. The molecule has 2 aromatic rings. The van der Waals surface area contributed by atoms with Gasteiger partial charge in [0, 0.05) is 6.42 Å². The van der Waals surface area contributed by atoms with Crippen LogP contribution in [0.4, 0.5) is 0 Å². The Bertz CT molecular complexity index is 576. The van der Waals surface area contributed by atoms with E-state index in [0.29, 0.717) is 24.6 Å². The van der Waals surface area contributed by atoms with Gasteiger partial charge in [-0.05, 0) is 11.0 Å². The Kier molecular flexibility index (Phi) is 4.17. The average molecular weight is 274 g/mol. The molecule has 106 valence electrons. The van der Waals surface area contributed by atoms with E-state index < -0.39 is 11.4 Å². The minimum Gasteiger partial charge on any atom is -0.481 e. The summed E-state index contributed by atoms with van der Waals surface area (Å²) in [4.78, 5) is 10.8. The second-order valence-electron chi connectivity index (χ2n) is 5.66. The summed E-state index contributed by atoms with van der Waals surface area (Å²) < 4.78 is 5.59. The van der Waals surface area contributed by atoms with Crippen LogP contribution in [0.3, 0.4) is 0 Å². The lowest BCUT2D eigenvalue weighted by Gasteiger charge is -2.19. The van der Waals surface area contributed by atoms with Crippen molar-refractivity contribution < 1.29 is 14.3 Å². The predicted octanol–water partition coefficient (Wildman–Crippen LogP) is 2.70. The van der Waals surface area contributed by atoms with Crippen LogP contribution in [0.15, 0.2) is 34.7 Å². The highest BCUT2D eigenvalue weighted by molar-refractivity contribution is 5.67. The van der Waals surface area contributed by atoms with E-state index in [1.165, 1.54) is 0 Å². The molecule has 0 fully saturated rings. The number of rotatable bonds is 6. The first-order valence-electron chi connectivity index (χ1n) is 6.52. The van der Waals surface area contributed by atoms with Gasteiger partial charge in [-0.25, -0.2) is 0 Å². The van der Waals surface area contributed by atoms with E-state index in [4.69, 9.17) is 9.52 Å². The van der Waals surface area contributed by atoms with Gasteiger partial charge < -0.3 is 9.52 Å². The molecule has 0 saturated carbocycles. The highest BCUT2D eigenvalue weighted by atomic mass is 16.4. The Morgan fingerprint density at radius 2 is 1.85 bits per heavy atom. The predicted molar refractivity (Wildman–Crippen MR) is 73.3 cm³/mol. The number of carbonyl (C=O) groups is 1. The number of aromatic nitrogens is 2. The van der Waals surface area contributed by atoms with E-state index in [1.54, 1.807) is 0 Å². The number of carboxylic acids is 1. The molecule has 0 aliphatic heterocycles. The maximum Gasteiger partial charge on any atom is 0.303 e. The molecule has 0 aliphatic carbocycles. The van der Waals surface area contributed by atoms with Gasteiger partial charge >= 0.3 is 5.97 Å². The van der Waals surface area contributed by atoms with E-state index in [1.807, 2.05) is 44.2 Å². The van der Waals surface area contributed by atoms with Gasteiger partial charge in [0.25, 0.3) is 0 Å². The minimum atomic E-state index is -0.820. The number of carboxylic acid groups (broad SMARTS) is 1. The van der Waals surface area contributed by atoms with Crippen molar-refractivity contribution in [3.63, 3.8) is 0 Å². The second-order valence-corrected chi connectivity index (χ2v) is 5.66. The average Bonchev–Trinajstić information content (AvgIpc) is 2.75. The maximum atomic E-state index is 10.8. The molecule has 2 rings (SSSR count). The molecule has 1 aromatic heterocycles. The first-order chi connectivity index (χ1) is 9.44. The lowest BCUT2D eigenvalue weighted by molar-refractivity contribution is -0.139. The molecule has 0 saturated heterocycles. The summed E-state index contributed by atoms with van der Waals surface area (Å²) in [5.41, 5.74) is 0.704. The van der Waals surface area contributed by atoms with Crippen LogP contribution in [0, 0.1) is 5.41 Å². The molecule has 1 aromatic carbocycles. The first kappa shape index (κ1) is 14.2. The summed E-state index contributed by atoms with van der Waals surface area (Å²) in [5.74, 6) is 0.221. The van der Waals surface area contributed by atoms with Crippen LogP contribution in [-0.4, -0.2) is 21.3 Å². The summed E-state index contributed by atoms with van der Waals surface area (Å²) in [6, 6.07) is 9.87. The van der Waals surface area contributed by atoms with E-state index in [-0.39, 0.29) is 6.42 Å². The molecule has 0 aliphatic rings. The highest BCUT2D eigenvalue weighted by Crippen LogP contribution is 2.25. The smallest absolute Gasteiger partial charge is 0.303 e. The summed E-state index contributed by atoms with van der Waals surface area (Å²) in [6.45, 7) is 3.75. The molecule has 1 N–H and O–H groups in total. The SMILES string of the molecule is CC(C)(CC(=O)O)Cc1nnc(Cc2ccccc2)o1. The summed E-state index contributed by atoms with van der Waals surface area (Å²) in [6.07, 6.45) is 1.12. The van der Waals surface area contributed by atoms with Crippen molar-refractivity contribution in [3.8, 4) is 0 Å². The molecule has 0 atom stereocenters. The van der Waals surface area contributed by atoms with E-state index in [2.05, 4.69) is 10.2 Å². The first-order valence-corrected chi connectivity index (χ1v) is 6.52. The zero-order valence-electron chi connectivity index (χ0n) is 11.7. The molecular weight excluding hydrogens is 256 g/mol. The Morgan fingerprint density at radius 3 is 2.50 bits per heavy atom. The molecule has 0 unspecified atom stereocenters. The van der Waals surface area contributed by atoms with Crippen LogP contribution in [0.1, 0.15) is 37.6 Å². The molecule has 1 heterocycles. The van der Waals surface area contributed by atoms with Gasteiger partial charge in [-0.2, -0.15) is 0 Å². The summed E-state index contributed by atoms with van der Waals surface area (Å²) >= 11 is 0. The molecule has 0 spiro atoms. The summed E-state index contributed by atoms with van der Waals surface area (Å²) in [5, 5.41) is 16.9. The number of hydrogen-bond acceptors (Lipinski definition) is 4. The zero-order chi connectivity index (χ0) is 14.6. The Balaban J connectivity index is 2.00. The van der Waals surface area contributed by atoms with Gasteiger partial charge in [0.2, 0.25) is 11.8 Å². The number of nitrogens with zero attached hydrogens (tertiary/aromatic N) is 2. The minimum absolute atomic E-state index is 0.0728. The molecule has 20 heavy (non-hydrogen) atoms. The molecule has 5 heteroatoms. The fourth-order valence-electron chi connectivity index (χ4n) is 2.08. The van der Waals surface area contributed by atoms with Crippen LogP contribution >= 0.6 is 0 Å². The van der Waals surface area contributed by atoms with Gasteiger partial charge in [0.15, 0.2) is 0 Å². The van der Waals surface area contributed by atoms with Crippen molar-refractivity contribution in [2.75, 3.05) is 0 Å². The van der Waals surface area contributed by atoms with Crippen molar-refractivity contribution in [2.45, 2.75) is 33.1 Å². The third-order valence-corrected chi connectivity index (χ3v) is 2.97. The Labute approximate surface area is 117 Å². The third-order valence-electron chi connectivity index (χ3n) is 2.97. The zero-order valence-corrected chi connectivity index (χ0v) is 11.7. The third kappa shape index (κ3) is 4.19. The molecule has 0 amide bonds. The van der Waals surface area contributed by atoms with Crippen LogP contribution in [-0.2, 0) is 17.6 Å². The van der Waals surface area contributed by atoms with Gasteiger partial charge in [-0.3, -0.25) is 4.79 Å². The Hall–Kier alpha value is -2.17. The number of benzene rings is 1. The molecule has 0 bridgehead atoms. The lowest BCUT2D eigenvalue weighted by atomic mass is 9.86. The largest absolute Gasteiger partial charge is 0.481 e. The van der Waals surface area contributed by atoms with E-state index in [0.717, 1.165) is 5.56 Å². The topological polar surface area (TPSA) is 76.2 Å². The standard InChI is InChI=1S/C15H18N2O3/c1-15(2,10-14(18)19)9-13-17-16-12(20-13)8-11-6-4-3-5-7-11/h3-7H,8-10H2,1-2H3,(H,18,19). The fraction of sp³-hybridized carbons (Fsp3) is 0.400. The van der Waals surface area contributed by atoms with Gasteiger partial charge in [0.1, 0.15) is 0 Å². The molecular formula is C15H18N2O3. The normalized spacial score (nSPS) is 11.5. The van der Waals surface area contributed by atoms with Crippen molar-refractivity contribution in [3.05, 3.63) is 47.7 Å². The van der Waals surface area contributed by atoms with Crippen LogP contribution in [0.5, 0.6) is 0 Å². The van der Waals surface area contributed by atoms with Crippen molar-refractivity contribution >= 4 is 5.97 Å². The van der Waals surface area contributed by atoms with Crippen molar-refractivity contribution in [1.82, 2.24) is 10.2 Å². The monoisotopic (exact) mass is 274 g/mol. The molecule has 0 radical (unpaired) electrons. The highest BCUT2D eigenvalue weighted by Gasteiger charge is 2.25. The lowest BCUT2D eigenvalue weighted by Crippen LogP contribution is -2.19. The second kappa shape index (κ2) is 5.86. The quantitative estimate of drug-likeness (QED) is 0.876. The number of aliphatic carboxylic acids is 1. The fourth-order valence-corrected chi connectivity index (χ4v) is 2.08. The van der Waals surface area contributed by atoms with Gasteiger partial charge in [-0.1, -0.05) is 44.2 Å². The van der Waals surface area contributed by atoms with Crippen molar-refractivity contribution in [2.24, 2.45) is 5.41 Å². The van der Waals surface area contributed by atoms with Crippen LogP contribution in [0.2, 0.25) is 0 Å². The van der Waals surface area contributed by atoms with E-state index >= 15 is 0 Å². The summed E-state index contributed by atoms with van der Waals surface area (Å²) in [7, 11) is 0. The maximum absolute atomic E-state index is 10.8.